The number of benzene rings is 1. The summed E-state index contributed by atoms with van der Waals surface area (Å²) in [7, 11) is 3.85. The van der Waals surface area contributed by atoms with E-state index in [1.165, 1.54) is 0 Å². The maximum atomic E-state index is 11.5. The molecule has 1 rings (SSSR count). The van der Waals surface area contributed by atoms with Crippen molar-refractivity contribution in [1.82, 2.24) is 4.90 Å². The van der Waals surface area contributed by atoms with Crippen LogP contribution in [-0.4, -0.2) is 38.1 Å². The second-order valence-corrected chi connectivity index (χ2v) is 4.76. The Balaban J connectivity index is 2.42. The molecule has 0 saturated carbocycles. The van der Waals surface area contributed by atoms with Gasteiger partial charge in [0.25, 0.3) is 0 Å². The first-order valence-corrected chi connectivity index (χ1v) is 5.99. The van der Waals surface area contributed by atoms with Crippen LogP contribution in [0.5, 0.6) is 0 Å². The number of carbonyl (C=O) groups is 1. The highest BCUT2D eigenvalue weighted by Gasteiger charge is 2.06. The van der Waals surface area contributed by atoms with Crippen molar-refractivity contribution in [1.29, 1.82) is 0 Å². The molecule has 0 saturated heterocycles. The van der Waals surface area contributed by atoms with E-state index in [0.29, 0.717) is 23.2 Å². The van der Waals surface area contributed by atoms with E-state index in [1.54, 1.807) is 18.2 Å². The number of likely N-dealkylation sites (N-methyl/N-ethyl adjacent to an activating group) is 1. The first-order chi connectivity index (χ1) is 7.99. The van der Waals surface area contributed by atoms with E-state index in [9.17, 15) is 4.79 Å². The van der Waals surface area contributed by atoms with Crippen LogP contribution in [0.15, 0.2) is 18.2 Å². The van der Waals surface area contributed by atoms with Gasteiger partial charge in [0.05, 0.1) is 16.5 Å². The molecule has 0 aliphatic carbocycles. The van der Waals surface area contributed by atoms with Crippen LogP contribution < -0.4 is 0 Å². The van der Waals surface area contributed by atoms with Crippen molar-refractivity contribution < 1.29 is 9.53 Å². The predicted molar refractivity (Wildman–Crippen MR) is 69.7 cm³/mol. The summed E-state index contributed by atoms with van der Waals surface area (Å²) in [6, 6.07) is 5.12. The van der Waals surface area contributed by atoms with Crippen molar-refractivity contribution >= 4 is 29.2 Å². The number of ether oxygens (including phenoxy) is 1. The minimum atomic E-state index is -0.259. The molecule has 0 heterocycles. The van der Waals surface area contributed by atoms with E-state index in [0.717, 1.165) is 5.56 Å². The maximum absolute atomic E-state index is 11.5. The molecule has 0 aliphatic rings. The topological polar surface area (TPSA) is 29.5 Å². The van der Waals surface area contributed by atoms with Crippen LogP contribution >= 0.6 is 23.2 Å². The van der Waals surface area contributed by atoms with Gasteiger partial charge >= 0.3 is 5.97 Å². The number of halogens is 2. The Hall–Kier alpha value is -0.770. The van der Waals surface area contributed by atoms with Gasteiger partial charge in [0.2, 0.25) is 0 Å². The van der Waals surface area contributed by atoms with Gasteiger partial charge in [-0.05, 0) is 31.8 Å². The molecule has 0 radical (unpaired) electrons. The van der Waals surface area contributed by atoms with Crippen molar-refractivity contribution in [3.8, 4) is 0 Å². The predicted octanol–water partition coefficient (Wildman–Crippen LogP) is 2.64. The molecule has 0 bridgehead atoms. The summed E-state index contributed by atoms with van der Waals surface area (Å²) in [6.07, 6.45) is 0.213. The van der Waals surface area contributed by atoms with Crippen molar-refractivity contribution in [2.24, 2.45) is 0 Å². The lowest BCUT2D eigenvalue weighted by Gasteiger charge is -2.10. The molecule has 0 atom stereocenters. The van der Waals surface area contributed by atoms with Crippen LogP contribution in [0.1, 0.15) is 5.56 Å². The largest absolute Gasteiger partial charge is 0.464 e. The molecular formula is C12H15Cl2NO2. The second kappa shape index (κ2) is 6.84. The fourth-order valence-corrected chi connectivity index (χ4v) is 1.53. The van der Waals surface area contributed by atoms with Gasteiger partial charge in [0.15, 0.2) is 0 Å². The molecule has 0 aromatic heterocycles. The van der Waals surface area contributed by atoms with Crippen molar-refractivity contribution in [2.75, 3.05) is 27.2 Å². The first-order valence-electron chi connectivity index (χ1n) is 5.23. The van der Waals surface area contributed by atoms with E-state index in [2.05, 4.69) is 0 Å². The molecule has 0 unspecified atom stereocenters. The van der Waals surface area contributed by atoms with Gasteiger partial charge < -0.3 is 9.64 Å². The zero-order valence-electron chi connectivity index (χ0n) is 9.87. The molecule has 3 nitrogen and oxygen atoms in total. The molecule has 0 amide bonds. The third kappa shape index (κ3) is 5.39. The fourth-order valence-electron chi connectivity index (χ4n) is 1.21. The minimum absolute atomic E-state index is 0.213. The molecule has 1 aromatic rings. The highest BCUT2D eigenvalue weighted by molar-refractivity contribution is 6.42. The van der Waals surface area contributed by atoms with Gasteiger partial charge in [-0.25, -0.2) is 0 Å². The Morgan fingerprint density at radius 2 is 2.00 bits per heavy atom. The van der Waals surface area contributed by atoms with Crippen LogP contribution in [0, 0.1) is 0 Å². The quantitative estimate of drug-likeness (QED) is 0.774. The number of hydrogen-bond acceptors (Lipinski definition) is 3. The lowest BCUT2D eigenvalue weighted by molar-refractivity contribution is -0.143. The molecule has 0 aliphatic heterocycles. The summed E-state index contributed by atoms with van der Waals surface area (Å²) in [5.41, 5.74) is 0.800. The summed E-state index contributed by atoms with van der Waals surface area (Å²) in [5.74, 6) is -0.259. The zero-order chi connectivity index (χ0) is 12.8. The number of hydrogen-bond donors (Lipinski definition) is 0. The van der Waals surface area contributed by atoms with Gasteiger partial charge in [-0.3, -0.25) is 4.79 Å². The summed E-state index contributed by atoms with van der Waals surface area (Å²) in [5, 5.41) is 0.932. The van der Waals surface area contributed by atoms with Gasteiger partial charge in [-0.15, -0.1) is 0 Å². The van der Waals surface area contributed by atoms with Crippen molar-refractivity contribution in [2.45, 2.75) is 6.42 Å². The smallest absolute Gasteiger partial charge is 0.310 e. The van der Waals surface area contributed by atoms with Crippen LogP contribution in [0.4, 0.5) is 0 Å². The average molecular weight is 276 g/mol. The molecule has 0 spiro atoms. The fraction of sp³-hybridized carbons (Fsp3) is 0.417. The van der Waals surface area contributed by atoms with Gasteiger partial charge in [-0.1, -0.05) is 29.3 Å². The first kappa shape index (κ1) is 14.3. The number of carbonyl (C=O) groups excluding carboxylic acids is 1. The Morgan fingerprint density at radius 3 is 2.59 bits per heavy atom. The van der Waals surface area contributed by atoms with E-state index < -0.39 is 0 Å². The molecular weight excluding hydrogens is 261 g/mol. The van der Waals surface area contributed by atoms with E-state index in [-0.39, 0.29) is 12.4 Å². The Morgan fingerprint density at radius 1 is 1.29 bits per heavy atom. The average Bonchev–Trinajstić information content (AvgIpc) is 2.23. The number of esters is 1. The summed E-state index contributed by atoms with van der Waals surface area (Å²) in [4.78, 5) is 13.4. The van der Waals surface area contributed by atoms with Crippen LogP contribution in [-0.2, 0) is 16.0 Å². The van der Waals surface area contributed by atoms with Crippen molar-refractivity contribution in [3.63, 3.8) is 0 Å². The van der Waals surface area contributed by atoms with E-state index >= 15 is 0 Å². The van der Waals surface area contributed by atoms with Gasteiger partial charge in [0.1, 0.15) is 6.61 Å². The number of nitrogens with zero attached hydrogens (tertiary/aromatic N) is 1. The van der Waals surface area contributed by atoms with Crippen LogP contribution in [0.25, 0.3) is 0 Å². The van der Waals surface area contributed by atoms with Crippen LogP contribution in [0.3, 0.4) is 0 Å². The SMILES string of the molecule is CN(C)CCOC(=O)Cc1ccc(Cl)c(Cl)c1. The van der Waals surface area contributed by atoms with Crippen LogP contribution in [0.2, 0.25) is 10.0 Å². The molecule has 17 heavy (non-hydrogen) atoms. The van der Waals surface area contributed by atoms with Gasteiger partial charge in [0, 0.05) is 6.54 Å². The lowest BCUT2D eigenvalue weighted by Crippen LogP contribution is -2.20. The standard InChI is InChI=1S/C12H15Cl2NO2/c1-15(2)5-6-17-12(16)8-9-3-4-10(13)11(14)7-9/h3-4,7H,5-6,8H2,1-2H3. The Bertz CT molecular complexity index is 394. The highest BCUT2D eigenvalue weighted by atomic mass is 35.5. The van der Waals surface area contributed by atoms with E-state index in [4.69, 9.17) is 27.9 Å². The Kier molecular flexibility index (Phi) is 5.75. The normalized spacial score (nSPS) is 10.6. The molecule has 0 N–H and O–H groups in total. The third-order valence-electron chi connectivity index (χ3n) is 2.13. The second-order valence-electron chi connectivity index (χ2n) is 3.95. The zero-order valence-corrected chi connectivity index (χ0v) is 11.4. The molecule has 1 aromatic carbocycles. The highest BCUT2D eigenvalue weighted by Crippen LogP contribution is 2.22. The Labute approximate surface area is 111 Å². The monoisotopic (exact) mass is 275 g/mol. The lowest BCUT2D eigenvalue weighted by atomic mass is 10.1. The molecule has 94 valence electrons. The molecule has 0 fully saturated rings. The molecule has 5 heteroatoms. The minimum Gasteiger partial charge on any atom is -0.464 e. The van der Waals surface area contributed by atoms with E-state index in [1.807, 2.05) is 19.0 Å². The van der Waals surface area contributed by atoms with Crippen molar-refractivity contribution in [3.05, 3.63) is 33.8 Å². The maximum Gasteiger partial charge on any atom is 0.310 e. The summed E-state index contributed by atoms with van der Waals surface area (Å²) >= 11 is 11.6. The third-order valence-corrected chi connectivity index (χ3v) is 2.87. The summed E-state index contributed by atoms with van der Waals surface area (Å²) < 4.78 is 5.07. The summed E-state index contributed by atoms with van der Waals surface area (Å²) in [6.45, 7) is 1.11. The van der Waals surface area contributed by atoms with Gasteiger partial charge in [-0.2, -0.15) is 0 Å². The number of rotatable bonds is 5.